The normalized spacial score (nSPS) is 31.0. The van der Waals surface area contributed by atoms with Gasteiger partial charge in [0.1, 0.15) is 0 Å². The molecule has 1 saturated heterocycles. The van der Waals surface area contributed by atoms with Gasteiger partial charge in [-0.15, -0.1) is 0 Å². The first-order valence-corrected chi connectivity index (χ1v) is 15.6. The minimum absolute atomic E-state index is 0.879. The summed E-state index contributed by atoms with van der Waals surface area (Å²) in [5.74, 6) is 1.82. The van der Waals surface area contributed by atoms with Crippen molar-refractivity contribution in [1.82, 2.24) is 0 Å². The van der Waals surface area contributed by atoms with Gasteiger partial charge in [-0.25, -0.2) is 0 Å². The molecular formula is C18H38OSi2. The Hall–Kier alpha value is 0.134. The van der Waals surface area contributed by atoms with Crippen molar-refractivity contribution < 1.29 is 4.43 Å². The SMILES string of the molecule is C/C=C/CC1CC[Si](C)(C)OC[Si](C)(C)CCC(CC)C1. The highest BCUT2D eigenvalue weighted by molar-refractivity contribution is 6.79. The molecule has 21 heavy (non-hydrogen) atoms. The van der Waals surface area contributed by atoms with E-state index in [0.29, 0.717) is 0 Å². The van der Waals surface area contributed by atoms with Gasteiger partial charge in [0.2, 0.25) is 0 Å². The highest BCUT2D eigenvalue weighted by Crippen LogP contribution is 2.32. The summed E-state index contributed by atoms with van der Waals surface area (Å²) in [7, 11) is -2.59. The number of allylic oxidation sites excluding steroid dienone is 2. The summed E-state index contributed by atoms with van der Waals surface area (Å²) in [6, 6.07) is 2.79. The molecule has 1 aliphatic rings. The van der Waals surface area contributed by atoms with E-state index in [1.165, 1.54) is 44.2 Å². The van der Waals surface area contributed by atoms with Crippen LogP contribution in [0.25, 0.3) is 0 Å². The molecule has 1 rings (SSSR count). The van der Waals surface area contributed by atoms with Crippen molar-refractivity contribution >= 4 is 16.4 Å². The van der Waals surface area contributed by atoms with Crippen LogP contribution in [0.5, 0.6) is 0 Å². The Labute approximate surface area is 135 Å². The molecule has 0 saturated carbocycles. The van der Waals surface area contributed by atoms with Gasteiger partial charge >= 0.3 is 0 Å². The molecule has 1 nitrogen and oxygen atoms in total. The monoisotopic (exact) mass is 326 g/mol. The Balaban J connectivity index is 2.79. The summed E-state index contributed by atoms with van der Waals surface area (Å²) < 4.78 is 6.48. The van der Waals surface area contributed by atoms with Crippen molar-refractivity contribution in [1.29, 1.82) is 0 Å². The van der Waals surface area contributed by atoms with E-state index in [9.17, 15) is 0 Å². The fourth-order valence-electron chi connectivity index (χ4n) is 3.30. The molecule has 0 bridgehead atoms. The zero-order chi connectivity index (χ0) is 15.9. The summed E-state index contributed by atoms with van der Waals surface area (Å²) >= 11 is 0. The molecule has 0 aromatic rings. The molecule has 0 spiro atoms. The fourth-order valence-corrected chi connectivity index (χ4v) is 9.01. The van der Waals surface area contributed by atoms with Crippen LogP contribution < -0.4 is 0 Å². The fraction of sp³-hybridized carbons (Fsp3) is 0.889. The van der Waals surface area contributed by atoms with Crippen LogP contribution in [0.2, 0.25) is 38.3 Å². The molecule has 2 unspecified atom stereocenters. The standard InChI is InChI=1S/C18H38OSi2/c1-7-9-10-18-12-14-21(5,6)19-16-20(3,4)13-11-17(8-2)15-18/h7,9,17-18H,8,10-16H2,1-6H3/b9-7+. The molecule has 0 amide bonds. The van der Waals surface area contributed by atoms with E-state index in [1.807, 2.05) is 0 Å². The number of hydrogen-bond acceptors (Lipinski definition) is 1. The third-order valence-corrected chi connectivity index (χ3v) is 10.5. The van der Waals surface area contributed by atoms with E-state index in [4.69, 9.17) is 4.43 Å². The van der Waals surface area contributed by atoms with Gasteiger partial charge in [0.05, 0.1) is 8.07 Å². The predicted octanol–water partition coefficient (Wildman–Crippen LogP) is 6.25. The van der Waals surface area contributed by atoms with Crippen LogP contribution in [0.4, 0.5) is 0 Å². The van der Waals surface area contributed by atoms with Crippen molar-refractivity contribution in [2.24, 2.45) is 11.8 Å². The Bertz CT molecular complexity index is 323. The van der Waals surface area contributed by atoms with Crippen molar-refractivity contribution in [2.75, 3.05) is 6.23 Å². The first-order chi connectivity index (χ1) is 9.78. The predicted molar refractivity (Wildman–Crippen MR) is 101 cm³/mol. The van der Waals surface area contributed by atoms with Crippen LogP contribution in [0.3, 0.4) is 0 Å². The average Bonchev–Trinajstić information content (AvgIpc) is 2.45. The van der Waals surface area contributed by atoms with Crippen molar-refractivity contribution in [3.8, 4) is 0 Å². The molecule has 0 aromatic carbocycles. The quantitative estimate of drug-likeness (QED) is 0.440. The van der Waals surface area contributed by atoms with Crippen LogP contribution in [-0.2, 0) is 4.43 Å². The van der Waals surface area contributed by atoms with E-state index in [0.717, 1.165) is 18.1 Å². The van der Waals surface area contributed by atoms with Crippen molar-refractivity contribution in [3.63, 3.8) is 0 Å². The van der Waals surface area contributed by atoms with Crippen molar-refractivity contribution in [2.45, 2.75) is 84.2 Å². The molecule has 0 N–H and O–H groups in total. The lowest BCUT2D eigenvalue weighted by Crippen LogP contribution is -2.40. The highest BCUT2D eigenvalue weighted by atomic mass is 28.4. The maximum atomic E-state index is 6.48. The number of hydrogen-bond donors (Lipinski definition) is 0. The third kappa shape index (κ3) is 7.80. The molecule has 1 fully saturated rings. The van der Waals surface area contributed by atoms with Crippen LogP contribution in [0.1, 0.15) is 46.0 Å². The Morgan fingerprint density at radius 2 is 1.71 bits per heavy atom. The molecule has 2 atom stereocenters. The topological polar surface area (TPSA) is 9.23 Å². The Kier molecular flexibility index (Phi) is 7.93. The van der Waals surface area contributed by atoms with Gasteiger partial charge in [-0.2, -0.15) is 0 Å². The van der Waals surface area contributed by atoms with Crippen LogP contribution in [0, 0.1) is 11.8 Å². The minimum atomic E-state index is -1.44. The summed E-state index contributed by atoms with van der Waals surface area (Å²) in [4.78, 5) is 0. The molecule has 1 heterocycles. The van der Waals surface area contributed by atoms with Gasteiger partial charge < -0.3 is 4.43 Å². The van der Waals surface area contributed by atoms with Crippen LogP contribution >= 0.6 is 0 Å². The summed E-state index contributed by atoms with van der Waals surface area (Å²) in [5.41, 5.74) is 0. The van der Waals surface area contributed by atoms with E-state index >= 15 is 0 Å². The molecule has 0 radical (unpaired) electrons. The van der Waals surface area contributed by atoms with Crippen molar-refractivity contribution in [3.05, 3.63) is 12.2 Å². The van der Waals surface area contributed by atoms with E-state index in [1.54, 1.807) is 0 Å². The lowest BCUT2D eigenvalue weighted by Gasteiger charge is -2.29. The zero-order valence-electron chi connectivity index (χ0n) is 15.4. The Morgan fingerprint density at radius 3 is 2.33 bits per heavy atom. The second-order valence-electron chi connectivity index (χ2n) is 8.47. The van der Waals surface area contributed by atoms with Crippen LogP contribution in [-0.4, -0.2) is 22.6 Å². The molecule has 0 aromatic heterocycles. The van der Waals surface area contributed by atoms with Gasteiger partial charge in [-0.1, -0.05) is 57.5 Å². The zero-order valence-corrected chi connectivity index (χ0v) is 17.4. The summed E-state index contributed by atoms with van der Waals surface area (Å²) in [6.07, 6.45) is 12.6. The van der Waals surface area contributed by atoms with Gasteiger partial charge in [0.25, 0.3) is 0 Å². The summed E-state index contributed by atoms with van der Waals surface area (Å²) in [5, 5.41) is 0. The molecule has 0 aliphatic carbocycles. The largest absolute Gasteiger partial charge is 0.421 e. The third-order valence-electron chi connectivity index (χ3n) is 5.19. The van der Waals surface area contributed by atoms with Gasteiger partial charge in [0, 0.05) is 6.23 Å². The first kappa shape index (κ1) is 19.2. The highest BCUT2D eigenvalue weighted by Gasteiger charge is 2.31. The van der Waals surface area contributed by atoms with Gasteiger partial charge in [0.15, 0.2) is 8.32 Å². The summed E-state index contributed by atoms with van der Waals surface area (Å²) in [6.45, 7) is 14.5. The maximum absolute atomic E-state index is 6.48. The second kappa shape index (κ2) is 8.68. The second-order valence-corrected chi connectivity index (χ2v) is 17.9. The van der Waals surface area contributed by atoms with Gasteiger partial charge in [-0.3, -0.25) is 0 Å². The lowest BCUT2D eigenvalue weighted by molar-refractivity contribution is 0.339. The Morgan fingerprint density at radius 1 is 1.05 bits per heavy atom. The molecule has 1 aliphatic heterocycles. The lowest BCUT2D eigenvalue weighted by atomic mass is 9.87. The first-order valence-electron chi connectivity index (χ1n) is 9.03. The van der Waals surface area contributed by atoms with E-state index < -0.39 is 16.4 Å². The van der Waals surface area contributed by atoms with Crippen LogP contribution in [0.15, 0.2) is 12.2 Å². The smallest absolute Gasteiger partial charge is 0.186 e. The van der Waals surface area contributed by atoms with E-state index in [-0.39, 0.29) is 0 Å². The number of rotatable bonds is 3. The molecule has 124 valence electrons. The molecule has 3 heteroatoms. The van der Waals surface area contributed by atoms with Gasteiger partial charge in [-0.05, 0) is 50.7 Å². The average molecular weight is 327 g/mol. The minimum Gasteiger partial charge on any atom is -0.421 e. The molecular weight excluding hydrogens is 288 g/mol. The maximum Gasteiger partial charge on any atom is 0.186 e. The van der Waals surface area contributed by atoms with E-state index in [2.05, 4.69) is 52.2 Å².